The Labute approximate surface area is 272 Å². The number of fused-ring (bicyclic) bond motifs is 3. The van der Waals surface area contributed by atoms with Gasteiger partial charge in [0.05, 0.1) is 5.69 Å². The Hall–Kier alpha value is -4.47. The molecule has 0 amide bonds. The molecule has 0 aliphatic carbocycles. The van der Waals surface area contributed by atoms with Gasteiger partial charge >= 0.3 is 21.1 Å². The van der Waals surface area contributed by atoms with Crippen LogP contribution in [0, 0.1) is 53.7 Å². The molecule has 0 radical (unpaired) electrons. The molecule has 44 heavy (non-hydrogen) atoms. The van der Waals surface area contributed by atoms with E-state index in [0.717, 1.165) is 55.8 Å². The fourth-order valence-electron chi connectivity index (χ4n) is 6.03. The largest absolute Gasteiger partial charge is 2.00 e. The SMILES string of the molecule is Cc1ccnc(-n2c3[c-]c(Oc4[c-]c(-n5nc(C)c(-c6cc(C)c(C)c(C)c6)c5C)ccc4)ccc3c3ccccc32)c1.[Pt+2]. The van der Waals surface area contributed by atoms with E-state index in [1.54, 1.807) is 0 Å². The molecule has 5 nitrogen and oxygen atoms in total. The molecule has 0 unspecified atom stereocenters. The predicted molar refractivity (Wildman–Crippen MR) is 174 cm³/mol. The molecule has 0 atom stereocenters. The van der Waals surface area contributed by atoms with Gasteiger partial charge in [-0.3, -0.25) is 4.68 Å². The second-order valence-corrected chi connectivity index (χ2v) is 11.3. The van der Waals surface area contributed by atoms with E-state index in [1.807, 2.05) is 41.2 Å². The summed E-state index contributed by atoms with van der Waals surface area (Å²) in [6.07, 6.45) is 1.84. The molecule has 0 spiro atoms. The van der Waals surface area contributed by atoms with Crippen molar-refractivity contribution in [3.8, 4) is 34.1 Å². The van der Waals surface area contributed by atoms with Crippen LogP contribution in [0.3, 0.4) is 0 Å². The van der Waals surface area contributed by atoms with Crippen molar-refractivity contribution >= 4 is 21.8 Å². The van der Waals surface area contributed by atoms with Gasteiger partial charge in [0.1, 0.15) is 5.82 Å². The zero-order valence-electron chi connectivity index (χ0n) is 25.6. The summed E-state index contributed by atoms with van der Waals surface area (Å²) in [4.78, 5) is 4.68. The van der Waals surface area contributed by atoms with Gasteiger partial charge in [0.25, 0.3) is 0 Å². The van der Waals surface area contributed by atoms with E-state index in [2.05, 4.69) is 112 Å². The number of para-hydroxylation sites is 1. The van der Waals surface area contributed by atoms with Crippen LogP contribution in [-0.4, -0.2) is 19.3 Å². The van der Waals surface area contributed by atoms with Crippen LogP contribution >= 0.6 is 0 Å². The maximum absolute atomic E-state index is 6.38. The molecular formula is C38H32N4OPt. The quantitative estimate of drug-likeness (QED) is 0.165. The summed E-state index contributed by atoms with van der Waals surface area (Å²) in [6.45, 7) is 12.8. The molecule has 0 saturated carbocycles. The Morgan fingerprint density at radius 3 is 2.25 bits per heavy atom. The molecule has 3 heterocycles. The number of hydrogen-bond acceptors (Lipinski definition) is 3. The Kier molecular flexibility index (Phi) is 7.77. The van der Waals surface area contributed by atoms with Gasteiger partial charge in [0.2, 0.25) is 0 Å². The maximum atomic E-state index is 6.38. The summed E-state index contributed by atoms with van der Waals surface area (Å²) in [6, 6.07) is 33.9. The van der Waals surface area contributed by atoms with E-state index in [9.17, 15) is 0 Å². The van der Waals surface area contributed by atoms with E-state index in [-0.39, 0.29) is 21.1 Å². The van der Waals surface area contributed by atoms with Crippen molar-refractivity contribution in [3.63, 3.8) is 0 Å². The molecule has 7 rings (SSSR count). The van der Waals surface area contributed by atoms with Crippen molar-refractivity contribution in [1.82, 2.24) is 19.3 Å². The number of aryl methyl sites for hydroxylation is 4. The van der Waals surface area contributed by atoms with E-state index in [0.29, 0.717) is 11.5 Å². The third-order valence-corrected chi connectivity index (χ3v) is 8.40. The molecule has 0 saturated heterocycles. The summed E-state index contributed by atoms with van der Waals surface area (Å²) in [5, 5.41) is 7.16. The van der Waals surface area contributed by atoms with Gasteiger partial charge in [0.15, 0.2) is 0 Å². The molecule has 7 aromatic rings. The van der Waals surface area contributed by atoms with Gasteiger partial charge in [-0.05, 0) is 98.6 Å². The van der Waals surface area contributed by atoms with Crippen LogP contribution in [0.25, 0.3) is 44.4 Å². The van der Waals surface area contributed by atoms with Crippen LogP contribution in [-0.2, 0) is 21.1 Å². The van der Waals surface area contributed by atoms with Gasteiger partial charge in [-0.1, -0.05) is 35.8 Å². The summed E-state index contributed by atoms with van der Waals surface area (Å²) in [7, 11) is 0. The van der Waals surface area contributed by atoms with Gasteiger partial charge in [-0.25, -0.2) is 4.98 Å². The van der Waals surface area contributed by atoms with Crippen LogP contribution in [0.2, 0.25) is 0 Å². The van der Waals surface area contributed by atoms with Crippen LogP contribution in [0.5, 0.6) is 11.5 Å². The van der Waals surface area contributed by atoms with E-state index < -0.39 is 0 Å². The number of rotatable bonds is 5. The average Bonchev–Trinajstić information content (AvgIpc) is 3.48. The van der Waals surface area contributed by atoms with Crippen LogP contribution in [0.4, 0.5) is 0 Å². The fourth-order valence-corrected chi connectivity index (χ4v) is 6.03. The molecule has 3 aromatic heterocycles. The molecule has 0 fully saturated rings. The number of nitrogens with zero attached hydrogens (tertiary/aromatic N) is 4. The van der Waals surface area contributed by atoms with E-state index in [4.69, 9.17) is 9.84 Å². The summed E-state index contributed by atoms with van der Waals surface area (Å²) in [5.41, 5.74) is 12.3. The first-order chi connectivity index (χ1) is 20.8. The maximum Gasteiger partial charge on any atom is 2.00 e. The number of aromatic nitrogens is 4. The molecule has 6 heteroatoms. The smallest absolute Gasteiger partial charge is 0.509 e. The molecular weight excluding hydrogens is 724 g/mol. The number of ether oxygens (including phenoxy) is 1. The third kappa shape index (κ3) is 5.06. The van der Waals surface area contributed by atoms with Crippen molar-refractivity contribution < 1.29 is 25.8 Å². The Morgan fingerprint density at radius 2 is 1.48 bits per heavy atom. The first-order valence-corrected chi connectivity index (χ1v) is 14.5. The second kappa shape index (κ2) is 11.6. The fraction of sp³-hybridized carbons (Fsp3) is 0.158. The molecule has 4 aromatic carbocycles. The minimum Gasteiger partial charge on any atom is -0.509 e. The van der Waals surface area contributed by atoms with Crippen LogP contribution in [0.15, 0.2) is 85.1 Å². The van der Waals surface area contributed by atoms with Gasteiger partial charge in [-0.15, -0.1) is 35.7 Å². The number of pyridine rings is 1. The summed E-state index contributed by atoms with van der Waals surface area (Å²) >= 11 is 0. The zero-order valence-corrected chi connectivity index (χ0v) is 27.9. The van der Waals surface area contributed by atoms with Gasteiger partial charge in [-0.2, -0.15) is 17.2 Å². The van der Waals surface area contributed by atoms with Crippen molar-refractivity contribution in [2.24, 2.45) is 0 Å². The van der Waals surface area contributed by atoms with Gasteiger partial charge < -0.3 is 9.30 Å². The Bertz CT molecular complexity index is 2170. The molecule has 0 aliphatic rings. The van der Waals surface area contributed by atoms with Gasteiger partial charge in [0, 0.05) is 34.5 Å². The first kappa shape index (κ1) is 29.6. The molecule has 0 N–H and O–H groups in total. The first-order valence-electron chi connectivity index (χ1n) is 14.5. The van der Waals surface area contributed by atoms with E-state index >= 15 is 0 Å². The summed E-state index contributed by atoms with van der Waals surface area (Å²) in [5.74, 6) is 2.06. The van der Waals surface area contributed by atoms with E-state index in [1.165, 1.54) is 22.3 Å². The number of hydrogen-bond donors (Lipinski definition) is 0. The minimum atomic E-state index is 0. The normalized spacial score (nSPS) is 11.2. The zero-order chi connectivity index (χ0) is 29.8. The minimum absolute atomic E-state index is 0. The average molecular weight is 756 g/mol. The van der Waals surface area contributed by atoms with Crippen molar-refractivity contribution in [2.45, 2.75) is 41.5 Å². The van der Waals surface area contributed by atoms with Crippen molar-refractivity contribution in [1.29, 1.82) is 0 Å². The monoisotopic (exact) mass is 755 g/mol. The second-order valence-electron chi connectivity index (χ2n) is 11.3. The topological polar surface area (TPSA) is 44.9 Å². The summed E-state index contributed by atoms with van der Waals surface area (Å²) < 4.78 is 10.5. The Balaban J connectivity index is 0.00000343. The predicted octanol–water partition coefficient (Wildman–Crippen LogP) is 9.27. The van der Waals surface area contributed by atoms with Crippen LogP contribution < -0.4 is 4.74 Å². The third-order valence-electron chi connectivity index (χ3n) is 8.40. The standard InChI is InChI=1S/C38H32N4O.Pt/c1-23-16-17-39-37(18-23)41-35-13-8-7-12-33(35)34-15-14-32(22-36(34)41)43-31-11-9-10-30(21-31)42-28(6)38(27(5)40-42)29-19-24(2)26(4)25(3)20-29;/h7-20H,1-6H3;/q-2;+2. The Morgan fingerprint density at radius 1 is 0.727 bits per heavy atom. The van der Waals surface area contributed by atoms with Crippen molar-refractivity contribution in [2.75, 3.05) is 0 Å². The molecule has 220 valence electrons. The molecule has 0 aliphatic heterocycles. The van der Waals surface area contributed by atoms with Crippen molar-refractivity contribution in [3.05, 3.63) is 131 Å². The molecule has 0 bridgehead atoms. The van der Waals surface area contributed by atoms with Crippen LogP contribution in [0.1, 0.15) is 33.6 Å². The number of benzene rings is 4.